The largest absolute Gasteiger partial charge is 0.391 e. The number of nitrogens with two attached hydrogens (primary N) is 2. The lowest BCUT2D eigenvalue weighted by atomic mass is 10.1. The molecule has 2 aromatic rings. The number of carbonyl (C=O) groups is 1. The zero-order valence-corrected chi connectivity index (χ0v) is 16.4. The zero-order valence-electron chi connectivity index (χ0n) is 15.6. The van der Waals surface area contributed by atoms with Crippen LogP contribution < -0.4 is 16.2 Å². The van der Waals surface area contributed by atoms with Gasteiger partial charge in [-0.25, -0.2) is 19.7 Å². The van der Waals surface area contributed by atoms with Gasteiger partial charge >= 0.3 is 10.3 Å². The van der Waals surface area contributed by atoms with Gasteiger partial charge in [0.15, 0.2) is 17.7 Å². The van der Waals surface area contributed by atoms with Crippen molar-refractivity contribution in [3.63, 3.8) is 0 Å². The number of amides is 1. The number of aromatic nitrogens is 4. The molecule has 0 aliphatic carbocycles. The average molecular weight is 447 g/mol. The first-order valence-electron chi connectivity index (χ1n) is 8.61. The molecule has 0 saturated carbocycles. The van der Waals surface area contributed by atoms with Crippen molar-refractivity contribution in [1.29, 1.82) is 0 Å². The highest BCUT2D eigenvalue weighted by molar-refractivity contribution is 7.85. The average Bonchev–Trinajstić information content (AvgIpc) is 3.22. The van der Waals surface area contributed by atoms with Crippen LogP contribution in [0.25, 0.3) is 11.2 Å². The third-order valence-electron chi connectivity index (χ3n) is 4.43. The van der Waals surface area contributed by atoms with Gasteiger partial charge in [-0.3, -0.25) is 13.5 Å². The molecule has 0 spiro atoms. The lowest BCUT2D eigenvalue weighted by Crippen LogP contribution is -2.49. The van der Waals surface area contributed by atoms with Crippen LogP contribution in [0.3, 0.4) is 0 Å². The summed E-state index contributed by atoms with van der Waals surface area (Å²) in [6.07, 6.45) is -4.30. The van der Waals surface area contributed by atoms with E-state index in [0.29, 0.717) is 0 Å². The Bertz CT molecular complexity index is 1030. The van der Waals surface area contributed by atoms with E-state index in [0.717, 1.165) is 0 Å². The highest BCUT2D eigenvalue weighted by Gasteiger charge is 2.45. The third kappa shape index (κ3) is 4.33. The maximum absolute atomic E-state index is 11.9. The number of carbonyl (C=O) groups excluding carboxylic acids is 1. The van der Waals surface area contributed by atoms with E-state index >= 15 is 0 Å². The Kier molecular flexibility index (Phi) is 6.18. The van der Waals surface area contributed by atoms with E-state index in [1.807, 2.05) is 0 Å². The molecule has 0 aromatic carbocycles. The number of nitrogen functional groups attached to an aromatic ring is 1. The number of imidazole rings is 1. The molecule has 166 valence electrons. The Labute approximate surface area is 169 Å². The first kappa shape index (κ1) is 22.2. The molecular formula is C14H21N7O8S. The summed E-state index contributed by atoms with van der Waals surface area (Å²) in [5, 5.41) is 29.8. The van der Waals surface area contributed by atoms with Gasteiger partial charge < -0.3 is 31.5 Å². The number of aliphatic hydroxyl groups excluding tert-OH is 3. The lowest BCUT2D eigenvalue weighted by molar-refractivity contribution is -0.122. The van der Waals surface area contributed by atoms with Gasteiger partial charge in [0.05, 0.1) is 19.0 Å². The number of nitrogens with zero attached hydrogens (tertiary/aromatic N) is 4. The van der Waals surface area contributed by atoms with Crippen molar-refractivity contribution in [3.05, 3.63) is 12.7 Å². The highest BCUT2D eigenvalue weighted by Crippen LogP contribution is 2.32. The minimum atomic E-state index is -4.62. The summed E-state index contributed by atoms with van der Waals surface area (Å²) in [5.41, 5.74) is 11.5. The van der Waals surface area contributed by atoms with Gasteiger partial charge in [0, 0.05) is 0 Å². The number of nitrogens with one attached hydrogen (secondary N) is 1. The molecule has 30 heavy (non-hydrogen) atoms. The van der Waals surface area contributed by atoms with Crippen LogP contribution in [0.4, 0.5) is 5.82 Å². The van der Waals surface area contributed by atoms with Crippen molar-refractivity contribution < 1.29 is 37.5 Å². The van der Waals surface area contributed by atoms with Gasteiger partial charge in [-0.05, 0) is 6.92 Å². The zero-order chi connectivity index (χ0) is 22.2. The molecule has 1 aliphatic rings. The number of hydrogen-bond donors (Lipinski definition) is 6. The van der Waals surface area contributed by atoms with E-state index in [4.69, 9.17) is 16.2 Å². The predicted molar refractivity (Wildman–Crippen MR) is 98.3 cm³/mol. The lowest BCUT2D eigenvalue weighted by Gasteiger charge is -2.17. The van der Waals surface area contributed by atoms with Gasteiger partial charge in [-0.2, -0.15) is 8.42 Å². The van der Waals surface area contributed by atoms with Crippen LogP contribution >= 0.6 is 0 Å². The molecule has 6 atom stereocenters. The van der Waals surface area contributed by atoms with E-state index in [1.54, 1.807) is 0 Å². The number of hydrogen-bond acceptors (Lipinski definition) is 13. The molecular weight excluding hydrogens is 426 g/mol. The fraction of sp³-hybridized carbons (Fsp3) is 0.571. The normalized spacial score (nSPS) is 26.6. The molecule has 0 bridgehead atoms. The Morgan fingerprint density at radius 3 is 2.73 bits per heavy atom. The second-order valence-corrected chi connectivity index (χ2v) is 7.95. The molecule has 1 aliphatic heterocycles. The smallest absolute Gasteiger partial charge is 0.362 e. The van der Waals surface area contributed by atoms with E-state index in [-0.39, 0.29) is 17.0 Å². The predicted octanol–water partition coefficient (Wildman–Crippen LogP) is -3.89. The standard InChI is InChI=1S/C14H21N7O8S/c1-5(22)7(15)13(25)20-30(26,27)28-2-6-9(23)10(24)14(29-6)21-4-19-8-11(16)17-3-18-12(8)21/h3-7,9-10,14,22-24H,2,15H2,1H3,(H,20,25)(H2,16,17,18)/t5?,6-,7?,9-,10-,14-/m1/s1. The van der Waals surface area contributed by atoms with Crippen LogP contribution in [-0.4, -0.2) is 86.2 Å². The molecule has 15 nitrogen and oxygen atoms in total. The first-order valence-corrected chi connectivity index (χ1v) is 10.0. The van der Waals surface area contributed by atoms with E-state index in [1.165, 1.54) is 28.9 Å². The van der Waals surface area contributed by atoms with Crippen molar-refractivity contribution >= 4 is 33.2 Å². The van der Waals surface area contributed by atoms with Gasteiger partial charge in [-0.1, -0.05) is 0 Å². The maximum Gasteiger partial charge on any atom is 0.362 e. The van der Waals surface area contributed by atoms with Crippen LogP contribution in [0.2, 0.25) is 0 Å². The number of anilines is 1. The summed E-state index contributed by atoms with van der Waals surface area (Å²) in [6, 6.07) is -1.49. The molecule has 3 rings (SSSR count). The van der Waals surface area contributed by atoms with Crippen LogP contribution in [-0.2, 0) is 24.0 Å². The van der Waals surface area contributed by atoms with Crippen LogP contribution in [0.1, 0.15) is 13.2 Å². The maximum atomic E-state index is 11.9. The quantitative estimate of drug-likeness (QED) is 0.238. The van der Waals surface area contributed by atoms with Gasteiger partial charge in [0.2, 0.25) is 0 Å². The summed E-state index contributed by atoms with van der Waals surface area (Å²) in [7, 11) is -4.62. The summed E-state index contributed by atoms with van der Waals surface area (Å²) in [5.74, 6) is -1.08. The summed E-state index contributed by atoms with van der Waals surface area (Å²) in [4.78, 5) is 23.5. The van der Waals surface area contributed by atoms with Crippen molar-refractivity contribution in [2.75, 3.05) is 12.3 Å². The van der Waals surface area contributed by atoms with Crippen molar-refractivity contribution in [1.82, 2.24) is 24.2 Å². The Balaban J connectivity index is 1.68. The number of ether oxygens (including phenoxy) is 1. The molecule has 1 saturated heterocycles. The summed E-state index contributed by atoms with van der Waals surface area (Å²) >= 11 is 0. The molecule has 1 fully saturated rings. The summed E-state index contributed by atoms with van der Waals surface area (Å²) in [6.45, 7) is 0.478. The number of fused-ring (bicyclic) bond motifs is 1. The van der Waals surface area contributed by atoms with Crippen molar-refractivity contribution in [3.8, 4) is 0 Å². The minimum absolute atomic E-state index is 0.101. The third-order valence-corrected chi connectivity index (χ3v) is 5.33. The molecule has 8 N–H and O–H groups in total. The van der Waals surface area contributed by atoms with E-state index in [2.05, 4.69) is 19.1 Å². The second kappa shape index (κ2) is 8.34. The fourth-order valence-electron chi connectivity index (χ4n) is 2.75. The summed E-state index contributed by atoms with van der Waals surface area (Å²) < 4.78 is 36.8. The van der Waals surface area contributed by atoms with Gasteiger partial charge in [-0.15, -0.1) is 0 Å². The monoisotopic (exact) mass is 447 g/mol. The molecule has 1 amide bonds. The minimum Gasteiger partial charge on any atom is -0.391 e. The Hall–Kier alpha value is -2.47. The van der Waals surface area contributed by atoms with Crippen LogP contribution in [0.5, 0.6) is 0 Å². The highest BCUT2D eigenvalue weighted by atomic mass is 32.2. The van der Waals surface area contributed by atoms with Crippen LogP contribution in [0, 0.1) is 0 Å². The van der Waals surface area contributed by atoms with Crippen molar-refractivity contribution in [2.45, 2.75) is 43.6 Å². The number of rotatable bonds is 7. The molecule has 2 unspecified atom stereocenters. The van der Waals surface area contributed by atoms with Gasteiger partial charge in [0.1, 0.15) is 36.2 Å². The first-order chi connectivity index (χ1) is 14.0. The molecule has 2 aromatic heterocycles. The SMILES string of the molecule is CC(O)C(N)C(=O)NS(=O)(=O)OC[C@H]1O[C@@H](n2cnc3c(N)ncnc32)[C@H](O)[C@@H]1O. The second-order valence-electron chi connectivity index (χ2n) is 6.60. The topological polar surface area (TPSA) is 238 Å². The molecule has 0 radical (unpaired) electrons. The van der Waals surface area contributed by atoms with E-state index in [9.17, 15) is 28.5 Å². The van der Waals surface area contributed by atoms with E-state index < -0.39 is 59.5 Å². The van der Waals surface area contributed by atoms with Crippen LogP contribution in [0.15, 0.2) is 12.7 Å². The molecule has 16 heteroatoms. The Morgan fingerprint density at radius 2 is 2.07 bits per heavy atom. The molecule has 3 heterocycles. The van der Waals surface area contributed by atoms with Crippen molar-refractivity contribution in [2.24, 2.45) is 5.73 Å². The Morgan fingerprint density at radius 1 is 1.37 bits per heavy atom. The number of aliphatic hydroxyl groups is 3. The van der Waals surface area contributed by atoms with Gasteiger partial charge in [0.25, 0.3) is 5.91 Å². The fourth-order valence-corrected chi connectivity index (χ4v) is 3.50.